The van der Waals surface area contributed by atoms with E-state index in [0.29, 0.717) is 5.92 Å². The number of thiazole rings is 1. The molecule has 0 radical (unpaired) electrons. The molecule has 0 aliphatic carbocycles. The molecule has 4 N–H and O–H groups in total. The molecule has 1 rings (SSSR count). The van der Waals surface area contributed by atoms with Crippen LogP contribution in [0.2, 0.25) is 0 Å². The summed E-state index contributed by atoms with van der Waals surface area (Å²) in [5.41, 5.74) is 3.10. The van der Waals surface area contributed by atoms with Crippen molar-refractivity contribution in [2.75, 3.05) is 11.5 Å². The Bertz CT molecular complexity index is 557. The zero-order valence-electron chi connectivity index (χ0n) is 11.3. The highest BCUT2D eigenvalue weighted by Gasteiger charge is 2.11. The SMILES string of the molecule is Cc1ncsc1C(C)C.O.O=S(=O)(O)CCS(=O)(=O)O. The van der Waals surface area contributed by atoms with Gasteiger partial charge >= 0.3 is 0 Å². The maximum atomic E-state index is 9.86. The minimum atomic E-state index is -4.30. The molecule has 0 aliphatic heterocycles. The lowest BCUT2D eigenvalue weighted by Gasteiger charge is -1.98. The van der Waals surface area contributed by atoms with E-state index in [-0.39, 0.29) is 5.48 Å². The standard InChI is InChI=1S/C7H11NS.C2H6O6S2.H2O/c1-5(2)7-6(3)8-4-9-7;3-9(4,5)1-2-10(6,7)8;/h4-5H,1-3H3;1-2H2,(H,3,4,5)(H,6,7,8);1H2. The fourth-order valence-corrected chi connectivity index (χ4v) is 3.58. The van der Waals surface area contributed by atoms with Gasteiger partial charge in [0.05, 0.1) is 22.7 Å². The van der Waals surface area contributed by atoms with Gasteiger partial charge in [-0.05, 0) is 12.8 Å². The summed E-state index contributed by atoms with van der Waals surface area (Å²) in [6.07, 6.45) is 0. The monoisotopic (exact) mass is 349 g/mol. The molecule has 8 nitrogen and oxygen atoms in total. The fraction of sp³-hybridized carbons (Fsp3) is 0.667. The summed E-state index contributed by atoms with van der Waals surface area (Å²) in [7, 11) is -8.59. The summed E-state index contributed by atoms with van der Waals surface area (Å²) in [4.78, 5) is 5.57. The van der Waals surface area contributed by atoms with Crippen LogP contribution in [0.25, 0.3) is 0 Å². The first-order valence-corrected chi connectivity index (χ1v) is 9.32. The Morgan fingerprint density at radius 2 is 1.55 bits per heavy atom. The van der Waals surface area contributed by atoms with Crippen molar-refractivity contribution in [1.82, 2.24) is 4.98 Å². The van der Waals surface area contributed by atoms with Gasteiger partial charge in [-0.1, -0.05) is 13.8 Å². The quantitative estimate of drug-likeness (QED) is 0.751. The van der Waals surface area contributed by atoms with E-state index >= 15 is 0 Å². The lowest BCUT2D eigenvalue weighted by molar-refractivity contribution is 0.472. The van der Waals surface area contributed by atoms with Gasteiger partial charge in [0.2, 0.25) is 0 Å². The molecule has 1 aromatic heterocycles. The Labute approximate surface area is 122 Å². The summed E-state index contributed by atoms with van der Waals surface area (Å²) >= 11 is 1.75. The second-order valence-electron chi connectivity index (χ2n) is 4.03. The lowest BCUT2D eigenvalue weighted by Crippen LogP contribution is -2.15. The van der Waals surface area contributed by atoms with Crippen LogP contribution in [0.5, 0.6) is 0 Å². The van der Waals surface area contributed by atoms with Crippen molar-refractivity contribution in [1.29, 1.82) is 0 Å². The van der Waals surface area contributed by atoms with E-state index in [1.54, 1.807) is 11.3 Å². The molecule has 0 amide bonds. The Kier molecular flexibility index (Phi) is 9.38. The van der Waals surface area contributed by atoms with Gasteiger partial charge in [0, 0.05) is 4.88 Å². The molecule has 0 aromatic carbocycles. The minimum Gasteiger partial charge on any atom is -0.412 e. The number of aryl methyl sites for hydroxylation is 1. The van der Waals surface area contributed by atoms with Crippen molar-refractivity contribution >= 4 is 31.6 Å². The number of hydrogen-bond acceptors (Lipinski definition) is 6. The fourth-order valence-electron chi connectivity index (χ4n) is 1.08. The molecule has 0 aliphatic rings. The van der Waals surface area contributed by atoms with Crippen LogP contribution in [0.15, 0.2) is 5.51 Å². The summed E-state index contributed by atoms with van der Waals surface area (Å²) in [5.74, 6) is -1.32. The van der Waals surface area contributed by atoms with Gasteiger partial charge in [-0.15, -0.1) is 11.3 Å². The van der Waals surface area contributed by atoms with Crippen LogP contribution in [0, 0.1) is 6.92 Å². The molecular weight excluding hydrogens is 330 g/mol. The van der Waals surface area contributed by atoms with Crippen molar-refractivity contribution in [3.05, 3.63) is 16.1 Å². The Morgan fingerprint density at radius 1 is 1.15 bits per heavy atom. The van der Waals surface area contributed by atoms with Crippen LogP contribution < -0.4 is 0 Å². The van der Waals surface area contributed by atoms with Crippen LogP contribution in [0.3, 0.4) is 0 Å². The normalized spacial score (nSPS) is 11.5. The molecular formula is C9H19NO7S3. The number of nitrogens with zero attached hydrogens (tertiary/aromatic N) is 1. The zero-order valence-corrected chi connectivity index (χ0v) is 13.7. The highest BCUT2D eigenvalue weighted by molar-refractivity contribution is 7.89. The number of rotatable bonds is 4. The molecule has 0 bridgehead atoms. The predicted molar refractivity (Wildman–Crippen MR) is 77.4 cm³/mol. The van der Waals surface area contributed by atoms with Crippen molar-refractivity contribution in [2.24, 2.45) is 0 Å². The average Bonchev–Trinajstić information content (AvgIpc) is 2.60. The summed E-state index contributed by atoms with van der Waals surface area (Å²) in [6, 6.07) is 0. The Hall–Kier alpha value is -0.590. The molecule has 11 heteroatoms. The van der Waals surface area contributed by atoms with Crippen molar-refractivity contribution in [2.45, 2.75) is 26.7 Å². The molecule has 0 fully saturated rings. The highest BCUT2D eigenvalue weighted by atomic mass is 32.2. The van der Waals surface area contributed by atoms with Crippen LogP contribution in [0.4, 0.5) is 0 Å². The third kappa shape index (κ3) is 11.3. The first kappa shape index (κ1) is 21.7. The summed E-state index contributed by atoms with van der Waals surface area (Å²) in [6.45, 7) is 6.45. The molecule has 120 valence electrons. The van der Waals surface area contributed by atoms with Crippen LogP contribution in [0.1, 0.15) is 30.3 Å². The second-order valence-corrected chi connectivity index (χ2v) is 8.06. The first-order valence-electron chi connectivity index (χ1n) is 5.22. The van der Waals surface area contributed by atoms with Crippen molar-refractivity contribution in [3.8, 4) is 0 Å². The van der Waals surface area contributed by atoms with Gasteiger partial charge in [0.1, 0.15) is 0 Å². The number of aromatic nitrogens is 1. The van der Waals surface area contributed by atoms with Crippen LogP contribution >= 0.6 is 11.3 Å². The lowest BCUT2D eigenvalue weighted by atomic mass is 10.1. The highest BCUT2D eigenvalue weighted by Crippen LogP contribution is 2.21. The second kappa shape index (κ2) is 8.64. The Balaban J connectivity index is 0. The Morgan fingerprint density at radius 3 is 1.70 bits per heavy atom. The molecule has 1 aromatic rings. The zero-order chi connectivity index (χ0) is 15.3. The molecule has 1 heterocycles. The maximum absolute atomic E-state index is 9.86. The van der Waals surface area contributed by atoms with Gasteiger partial charge in [-0.3, -0.25) is 9.11 Å². The molecule has 0 saturated heterocycles. The van der Waals surface area contributed by atoms with E-state index in [4.69, 9.17) is 9.11 Å². The first-order chi connectivity index (χ1) is 8.42. The van der Waals surface area contributed by atoms with Gasteiger partial charge < -0.3 is 5.48 Å². The van der Waals surface area contributed by atoms with E-state index in [2.05, 4.69) is 25.8 Å². The third-order valence-electron chi connectivity index (χ3n) is 1.91. The third-order valence-corrected chi connectivity index (χ3v) is 4.84. The van der Waals surface area contributed by atoms with E-state index in [1.807, 2.05) is 5.51 Å². The average molecular weight is 349 g/mol. The number of hydrogen-bond donors (Lipinski definition) is 2. The van der Waals surface area contributed by atoms with Crippen LogP contribution in [-0.2, 0) is 20.2 Å². The van der Waals surface area contributed by atoms with E-state index in [1.165, 1.54) is 10.6 Å². The molecule has 0 unspecified atom stereocenters. The molecule has 20 heavy (non-hydrogen) atoms. The van der Waals surface area contributed by atoms with Crippen molar-refractivity contribution in [3.63, 3.8) is 0 Å². The summed E-state index contributed by atoms with van der Waals surface area (Å²) < 4.78 is 55.4. The minimum absolute atomic E-state index is 0. The topological polar surface area (TPSA) is 153 Å². The van der Waals surface area contributed by atoms with Gasteiger partial charge in [-0.25, -0.2) is 4.98 Å². The van der Waals surface area contributed by atoms with E-state index in [9.17, 15) is 16.8 Å². The van der Waals surface area contributed by atoms with Crippen LogP contribution in [-0.4, -0.2) is 47.9 Å². The van der Waals surface area contributed by atoms with E-state index in [0.717, 1.165) is 0 Å². The maximum Gasteiger partial charge on any atom is 0.265 e. The van der Waals surface area contributed by atoms with Crippen molar-refractivity contribution < 1.29 is 31.4 Å². The summed E-state index contributed by atoms with van der Waals surface area (Å²) in [5, 5.41) is 0. The van der Waals surface area contributed by atoms with Gasteiger partial charge in [-0.2, -0.15) is 16.8 Å². The molecule has 0 spiro atoms. The van der Waals surface area contributed by atoms with Gasteiger partial charge in [0.15, 0.2) is 0 Å². The smallest absolute Gasteiger partial charge is 0.265 e. The molecule has 0 atom stereocenters. The van der Waals surface area contributed by atoms with E-state index < -0.39 is 31.7 Å². The molecule has 0 saturated carbocycles. The van der Waals surface area contributed by atoms with Gasteiger partial charge in [0.25, 0.3) is 20.2 Å². The predicted octanol–water partition coefficient (Wildman–Crippen LogP) is 0.512. The largest absolute Gasteiger partial charge is 0.412 e.